The number of urea groups is 1. The van der Waals surface area contributed by atoms with Crippen molar-refractivity contribution in [2.45, 2.75) is 72.9 Å². The molecule has 0 aromatic carbocycles. The van der Waals surface area contributed by atoms with Crippen LogP contribution in [0.5, 0.6) is 0 Å². The van der Waals surface area contributed by atoms with Crippen molar-refractivity contribution >= 4 is 22.6 Å². The number of anilines is 1. The lowest BCUT2D eigenvalue weighted by atomic mass is 10.1. The predicted molar refractivity (Wildman–Crippen MR) is 113 cm³/mol. The molecule has 1 aliphatic heterocycles. The first-order chi connectivity index (χ1) is 13.0. The van der Waals surface area contributed by atoms with E-state index in [-0.39, 0.29) is 18.1 Å². The van der Waals surface area contributed by atoms with Gasteiger partial charge in [0.25, 0.3) is 0 Å². The van der Waals surface area contributed by atoms with Crippen molar-refractivity contribution < 1.29 is 4.79 Å². The average Bonchev–Trinajstić information content (AvgIpc) is 3.05. The summed E-state index contributed by atoms with van der Waals surface area (Å²) in [6.45, 7) is 13.1. The van der Waals surface area contributed by atoms with Crippen LogP contribution in [0.15, 0.2) is 0 Å². The van der Waals surface area contributed by atoms with Crippen molar-refractivity contribution in [2.24, 2.45) is 0 Å². The van der Waals surface area contributed by atoms with Crippen LogP contribution in [0.3, 0.4) is 0 Å². The molecule has 2 heterocycles. The summed E-state index contributed by atoms with van der Waals surface area (Å²) in [4.78, 5) is 19.2. The summed E-state index contributed by atoms with van der Waals surface area (Å²) in [5.41, 5.74) is 2.32. The molecule has 0 radical (unpaired) electrons. The Kier molecular flexibility index (Phi) is 7.71. The third kappa shape index (κ3) is 4.64. The van der Waals surface area contributed by atoms with Crippen molar-refractivity contribution in [3.05, 3.63) is 11.3 Å². The van der Waals surface area contributed by atoms with Crippen LogP contribution in [0.4, 0.5) is 9.80 Å². The molecule has 27 heavy (non-hydrogen) atoms. The first kappa shape index (κ1) is 21.3. The largest absolute Gasteiger partial charge is 0.328 e. The summed E-state index contributed by atoms with van der Waals surface area (Å²) in [5.74, 6) is 12.3. The zero-order valence-electron chi connectivity index (χ0n) is 17.3. The lowest BCUT2D eigenvalue weighted by Crippen LogP contribution is -2.62. The quantitative estimate of drug-likeness (QED) is 0.695. The molecule has 5 nitrogen and oxygen atoms in total. The van der Waals surface area contributed by atoms with E-state index in [2.05, 4.69) is 53.7 Å². The van der Waals surface area contributed by atoms with E-state index in [0.29, 0.717) is 13.3 Å². The van der Waals surface area contributed by atoms with Crippen molar-refractivity contribution in [3.63, 3.8) is 0 Å². The van der Waals surface area contributed by atoms with Crippen LogP contribution in [0, 0.1) is 23.7 Å². The van der Waals surface area contributed by atoms with E-state index in [4.69, 9.17) is 0 Å². The molecule has 146 valence electrons. The Hall–Kier alpha value is -2.02. The fourth-order valence-corrected chi connectivity index (χ4v) is 4.31. The maximum atomic E-state index is 13.3. The molecule has 6 heteroatoms. The number of carbonyl (C=O) groups is 1. The Morgan fingerprint density at radius 1 is 1.11 bits per heavy atom. The molecule has 1 saturated heterocycles. The molecule has 0 bridgehead atoms. The second-order valence-corrected chi connectivity index (χ2v) is 7.46. The molecule has 2 atom stereocenters. The van der Waals surface area contributed by atoms with Gasteiger partial charge in [-0.05, 0) is 52.1 Å². The number of aryl methyl sites for hydroxylation is 1. The summed E-state index contributed by atoms with van der Waals surface area (Å²) in [6.07, 6.45) is 2.87. The summed E-state index contributed by atoms with van der Waals surface area (Å²) in [5, 5.41) is 0.967. The minimum absolute atomic E-state index is 0.000411. The van der Waals surface area contributed by atoms with Crippen LogP contribution in [0.1, 0.15) is 59.2 Å². The molecule has 2 rings (SSSR count). The highest BCUT2D eigenvalue weighted by Crippen LogP contribution is 2.33. The van der Waals surface area contributed by atoms with Crippen LogP contribution < -0.4 is 4.90 Å². The van der Waals surface area contributed by atoms with E-state index in [1.54, 1.807) is 6.92 Å². The van der Waals surface area contributed by atoms with Gasteiger partial charge < -0.3 is 0 Å². The summed E-state index contributed by atoms with van der Waals surface area (Å²) in [7, 11) is 0. The van der Waals surface area contributed by atoms with Gasteiger partial charge >= 0.3 is 6.03 Å². The van der Waals surface area contributed by atoms with Gasteiger partial charge in [-0.15, -0.1) is 11.8 Å². The molecule has 1 fully saturated rings. The zero-order chi connectivity index (χ0) is 20.0. The molecule has 0 aliphatic carbocycles. The molecule has 1 aromatic heterocycles. The maximum Gasteiger partial charge on any atom is 0.328 e. The minimum atomic E-state index is -0.150. The van der Waals surface area contributed by atoms with Crippen molar-refractivity contribution in [1.29, 1.82) is 0 Å². The van der Waals surface area contributed by atoms with Crippen LogP contribution in [-0.2, 0) is 12.8 Å². The number of carbonyl (C=O) groups excluding carboxylic acids is 1. The normalized spacial score (nSPS) is 17.0. The van der Waals surface area contributed by atoms with Crippen LogP contribution in [0.2, 0.25) is 0 Å². The molecule has 0 spiro atoms. The van der Waals surface area contributed by atoms with Gasteiger partial charge in [0.2, 0.25) is 0 Å². The Balaban J connectivity index is 2.43. The topological polar surface area (TPSA) is 39.7 Å². The lowest BCUT2D eigenvalue weighted by molar-refractivity contribution is 0.0956. The molecular formula is C21H30N4OS. The van der Waals surface area contributed by atoms with Gasteiger partial charge in [-0.1, -0.05) is 32.1 Å². The predicted octanol–water partition coefficient (Wildman–Crippen LogP) is 3.94. The Labute approximate surface area is 167 Å². The van der Waals surface area contributed by atoms with Crippen LogP contribution in [0.25, 0.3) is 0 Å². The Morgan fingerprint density at radius 2 is 1.78 bits per heavy atom. The molecule has 2 unspecified atom stereocenters. The minimum Gasteiger partial charge on any atom is -0.298 e. The third-order valence-corrected chi connectivity index (χ3v) is 5.74. The van der Waals surface area contributed by atoms with Gasteiger partial charge in [0.15, 0.2) is 0 Å². The smallest absolute Gasteiger partial charge is 0.298 e. The van der Waals surface area contributed by atoms with Crippen LogP contribution >= 0.6 is 11.5 Å². The number of hydrogen-bond donors (Lipinski definition) is 0. The highest BCUT2D eigenvalue weighted by molar-refractivity contribution is 7.10. The Morgan fingerprint density at radius 3 is 2.37 bits per heavy atom. The van der Waals surface area contributed by atoms with Crippen molar-refractivity contribution in [3.8, 4) is 23.7 Å². The zero-order valence-corrected chi connectivity index (χ0v) is 18.1. The monoisotopic (exact) mass is 386 g/mol. The van der Waals surface area contributed by atoms with E-state index < -0.39 is 0 Å². The molecule has 1 aliphatic rings. The average molecular weight is 387 g/mol. The standard InChI is InChI=1S/C21H30N4OS/c1-7-11-16(5)23-14-24(17(6)12-8-2)21(26)25(15-23)20-18(10-4)19(13-9-3)22-27-20/h16-17H,9-10,13-15H2,1-6H3. The SMILES string of the molecule is CC#CC(C)N1CN(c2snc(CCC)c2CC)C(=O)N(C(C)C#CC)C1. The Bertz CT molecular complexity index is 780. The van der Waals surface area contributed by atoms with Gasteiger partial charge in [0, 0.05) is 5.56 Å². The van der Waals surface area contributed by atoms with E-state index >= 15 is 0 Å². The second kappa shape index (κ2) is 9.78. The van der Waals surface area contributed by atoms with Crippen molar-refractivity contribution in [2.75, 3.05) is 18.2 Å². The van der Waals surface area contributed by atoms with Gasteiger partial charge in [0.05, 0.1) is 31.1 Å². The lowest BCUT2D eigenvalue weighted by Gasteiger charge is -2.44. The van der Waals surface area contributed by atoms with Crippen LogP contribution in [-0.4, -0.2) is 45.6 Å². The van der Waals surface area contributed by atoms with E-state index in [1.165, 1.54) is 17.1 Å². The molecular weight excluding hydrogens is 356 g/mol. The molecule has 2 amide bonds. The summed E-state index contributed by atoms with van der Waals surface area (Å²) < 4.78 is 4.65. The van der Waals surface area contributed by atoms with Gasteiger partial charge in [0.1, 0.15) is 5.00 Å². The van der Waals surface area contributed by atoms with Crippen molar-refractivity contribution in [1.82, 2.24) is 14.2 Å². The molecule has 0 saturated carbocycles. The van der Waals surface area contributed by atoms with E-state index in [0.717, 1.165) is 30.0 Å². The van der Waals surface area contributed by atoms with E-state index in [1.807, 2.05) is 23.6 Å². The van der Waals surface area contributed by atoms with Gasteiger partial charge in [-0.3, -0.25) is 14.7 Å². The first-order valence-corrected chi connectivity index (χ1v) is 10.4. The van der Waals surface area contributed by atoms with Gasteiger partial charge in [-0.2, -0.15) is 4.37 Å². The first-order valence-electron chi connectivity index (χ1n) is 9.62. The highest BCUT2D eigenvalue weighted by atomic mass is 32.1. The number of rotatable bonds is 6. The number of aromatic nitrogens is 1. The highest BCUT2D eigenvalue weighted by Gasteiger charge is 2.37. The molecule has 0 N–H and O–H groups in total. The van der Waals surface area contributed by atoms with E-state index in [9.17, 15) is 4.79 Å². The fraction of sp³-hybridized carbons (Fsp3) is 0.619. The number of hydrogen-bond acceptors (Lipinski definition) is 4. The maximum absolute atomic E-state index is 13.3. The number of nitrogens with zero attached hydrogens (tertiary/aromatic N) is 4. The molecule has 1 aromatic rings. The third-order valence-electron chi connectivity index (χ3n) is 4.79. The second-order valence-electron chi connectivity index (χ2n) is 6.71. The summed E-state index contributed by atoms with van der Waals surface area (Å²) >= 11 is 1.43. The number of amides is 2. The van der Waals surface area contributed by atoms with Gasteiger partial charge in [-0.25, -0.2) is 4.79 Å². The summed E-state index contributed by atoms with van der Waals surface area (Å²) in [6, 6.07) is -0.0924. The fourth-order valence-electron chi connectivity index (χ4n) is 3.30.